The normalized spacial score (nSPS) is 12.9. The Labute approximate surface area is 114 Å². The average molecular weight is 265 g/mol. The first kappa shape index (κ1) is 15.4. The van der Waals surface area contributed by atoms with Gasteiger partial charge in [-0.1, -0.05) is 13.8 Å². The Balaban J connectivity index is 2.57. The minimum absolute atomic E-state index is 0.0645. The first-order valence-electron chi connectivity index (χ1n) is 6.37. The van der Waals surface area contributed by atoms with Gasteiger partial charge in [0.05, 0.1) is 6.20 Å². The molecule has 2 N–H and O–H groups in total. The Kier molecular flexibility index (Phi) is 5.30. The summed E-state index contributed by atoms with van der Waals surface area (Å²) >= 11 is 0. The molecule has 0 spiro atoms. The molecule has 1 rings (SSSR count). The quantitative estimate of drug-likeness (QED) is 0.841. The van der Waals surface area contributed by atoms with E-state index >= 15 is 0 Å². The van der Waals surface area contributed by atoms with Gasteiger partial charge in [-0.05, 0) is 31.0 Å². The van der Waals surface area contributed by atoms with Crippen molar-refractivity contribution in [3.05, 3.63) is 24.5 Å². The van der Waals surface area contributed by atoms with Crippen LogP contribution in [-0.2, 0) is 4.79 Å². The number of nitrogens with two attached hydrogens (primary N) is 1. The van der Waals surface area contributed by atoms with Crippen molar-refractivity contribution >= 4 is 5.91 Å². The van der Waals surface area contributed by atoms with Crippen molar-refractivity contribution in [2.24, 2.45) is 11.1 Å². The van der Waals surface area contributed by atoms with E-state index in [0.29, 0.717) is 18.8 Å². The molecule has 1 unspecified atom stereocenters. The molecule has 1 atom stereocenters. The van der Waals surface area contributed by atoms with Gasteiger partial charge in [0.2, 0.25) is 0 Å². The molecule has 1 aromatic heterocycles. The van der Waals surface area contributed by atoms with E-state index < -0.39 is 6.10 Å². The van der Waals surface area contributed by atoms with Crippen LogP contribution in [0.4, 0.5) is 0 Å². The number of rotatable bonds is 6. The number of likely N-dealkylation sites (N-methyl/N-ethyl adjacent to an activating group) is 1. The lowest BCUT2D eigenvalue weighted by molar-refractivity contribution is -0.137. The molecule has 0 aliphatic carbocycles. The molecule has 0 aromatic carbocycles. The zero-order valence-electron chi connectivity index (χ0n) is 12.1. The number of hydrogen-bond acceptors (Lipinski definition) is 4. The second-order valence-corrected chi connectivity index (χ2v) is 5.51. The van der Waals surface area contributed by atoms with Gasteiger partial charge in [0.25, 0.3) is 5.91 Å². The van der Waals surface area contributed by atoms with Crippen LogP contribution in [0.1, 0.15) is 20.8 Å². The zero-order chi connectivity index (χ0) is 14.5. The van der Waals surface area contributed by atoms with Crippen LogP contribution in [0.5, 0.6) is 5.75 Å². The van der Waals surface area contributed by atoms with Crippen LogP contribution in [0.25, 0.3) is 0 Å². The minimum atomic E-state index is -0.539. The van der Waals surface area contributed by atoms with Gasteiger partial charge in [0.1, 0.15) is 5.75 Å². The lowest BCUT2D eigenvalue weighted by Crippen LogP contribution is -2.44. The highest BCUT2D eigenvalue weighted by molar-refractivity contribution is 5.80. The smallest absolute Gasteiger partial charge is 0.263 e. The van der Waals surface area contributed by atoms with Crippen LogP contribution < -0.4 is 10.5 Å². The van der Waals surface area contributed by atoms with Crippen LogP contribution >= 0.6 is 0 Å². The van der Waals surface area contributed by atoms with Gasteiger partial charge in [0.15, 0.2) is 6.10 Å². The number of ether oxygens (including phenoxy) is 1. The van der Waals surface area contributed by atoms with E-state index in [0.717, 1.165) is 0 Å². The average Bonchev–Trinajstić information content (AvgIpc) is 2.38. The number of hydrogen-bond donors (Lipinski definition) is 1. The van der Waals surface area contributed by atoms with Crippen molar-refractivity contribution in [3.8, 4) is 5.75 Å². The van der Waals surface area contributed by atoms with Crippen LogP contribution in [0.15, 0.2) is 24.5 Å². The largest absolute Gasteiger partial charge is 0.479 e. The molecule has 19 heavy (non-hydrogen) atoms. The fourth-order valence-electron chi connectivity index (χ4n) is 1.77. The lowest BCUT2D eigenvalue weighted by atomic mass is 9.93. The molecule has 0 fully saturated rings. The van der Waals surface area contributed by atoms with E-state index in [2.05, 4.69) is 4.98 Å². The van der Waals surface area contributed by atoms with E-state index in [4.69, 9.17) is 10.5 Å². The SMILES string of the molecule is CC(Oc1cccnc1)C(=O)N(C)CC(C)(C)CN. The summed E-state index contributed by atoms with van der Waals surface area (Å²) in [6.45, 7) is 6.93. The summed E-state index contributed by atoms with van der Waals surface area (Å²) in [6, 6.07) is 3.55. The Bertz CT molecular complexity index is 406. The van der Waals surface area contributed by atoms with E-state index in [1.165, 1.54) is 0 Å². The molecule has 1 aromatic rings. The van der Waals surface area contributed by atoms with E-state index in [-0.39, 0.29) is 11.3 Å². The summed E-state index contributed by atoms with van der Waals surface area (Å²) in [4.78, 5) is 17.8. The second kappa shape index (κ2) is 6.52. The first-order chi connectivity index (χ1) is 8.85. The molecule has 5 heteroatoms. The van der Waals surface area contributed by atoms with Gasteiger partial charge in [-0.25, -0.2) is 0 Å². The molecule has 106 valence electrons. The third kappa shape index (κ3) is 4.87. The van der Waals surface area contributed by atoms with E-state index in [1.54, 1.807) is 43.4 Å². The van der Waals surface area contributed by atoms with Gasteiger partial charge < -0.3 is 15.4 Å². The van der Waals surface area contributed by atoms with Gasteiger partial charge >= 0.3 is 0 Å². The molecule has 0 bridgehead atoms. The van der Waals surface area contributed by atoms with Gasteiger partial charge in [-0.15, -0.1) is 0 Å². The fraction of sp³-hybridized carbons (Fsp3) is 0.571. The Morgan fingerprint density at radius 2 is 2.26 bits per heavy atom. The van der Waals surface area contributed by atoms with Gasteiger partial charge in [0, 0.05) is 19.8 Å². The minimum Gasteiger partial charge on any atom is -0.479 e. The number of carbonyl (C=O) groups is 1. The molecule has 1 amide bonds. The molecule has 1 heterocycles. The molecular weight excluding hydrogens is 242 g/mol. The molecule has 0 saturated heterocycles. The number of amides is 1. The summed E-state index contributed by atoms with van der Waals surface area (Å²) in [6.07, 6.45) is 2.71. The first-order valence-corrected chi connectivity index (χ1v) is 6.37. The highest BCUT2D eigenvalue weighted by atomic mass is 16.5. The molecule has 0 aliphatic rings. The maximum absolute atomic E-state index is 12.2. The van der Waals surface area contributed by atoms with Gasteiger partial charge in [-0.3, -0.25) is 9.78 Å². The molecular formula is C14H23N3O2. The van der Waals surface area contributed by atoms with Crippen LogP contribution in [0, 0.1) is 5.41 Å². The standard InChI is InChI=1S/C14H23N3O2/c1-11(19-12-6-5-7-16-8-12)13(18)17(4)10-14(2,3)9-15/h5-8,11H,9-10,15H2,1-4H3. The fourth-order valence-corrected chi connectivity index (χ4v) is 1.77. The van der Waals surface area contributed by atoms with Crippen molar-refractivity contribution in [2.45, 2.75) is 26.9 Å². The van der Waals surface area contributed by atoms with Crippen LogP contribution in [-0.4, -0.2) is 42.0 Å². The Morgan fingerprint density at radius 1 is 1.58 bits per heavy atom. The van der Waals surface area contributed by atoms with Crippen molar-refractivity contribution in [2.75, 3.05) is 20.1 Å². The topological polar surface area (TPSA) is 68.5 Å². The Morgan fingerprint density at radius 3 is 2.79 bits per heavy atom. The van der Waals surface area contributed by atoms with E-state index in [1.807, 2.05) is 13.8 Å². The number of pyridine rings is 1. The predicted molar refractivity (Wildman–Crippen MR) is 74.8 cm³/mol. The molecule has 0 aliphatic heterocycles. The van der Waals surface area contributed by atoms with Gasteiger partial charge in [-0.2, -0.15) is 0 Å². The highest BCUT2D eigenvalue weighted by Gasteiger charge is 2.25. The molecule has 0 radical (unpaired) electrons. The summed E-state index contributed by atoms with van der Waals surface area (Å²) in [7, 11) is 1.77. The van der Waals surface area contributed by atoms with Crippen molar-refractivity contribution in [1.29, 1.82) is 0 Å². The van der Waals surface area contributed by atoms with Crippen molar-refractivity contribution < 1.29 is 9.53 Å². The second-order valence-electron chi connectivity index (χ2n) is 5.51. The monoisotopic (exact) mass is 265 g/mol. The lowest BCUT2D eigenvalue weighted by Gasteiger charge is -2.30. The Hall–Kier alpha value is -1.62. The third-order valence-corrected chi connectivity index (χ3v) is 2.89. The third-order valence-electron chi connectivity index (χ3n) is 2.89. The maximum Gasteiger partial charge on any atom is 0.263 e. The molecule has 0 saturated carbocycles. The van der Waals surface area contributed by atoms with Crippen LogP contribution in [0.3, 0.4) is 0 Å². The summed E-state index contributed by atoms with van der Waals surface area (Å²) < 4.78 is 5.56. The van der Waals surface area contributed by atoms with Crippen LogP contribution in [0.2, 0.25) is 0 Å². The number of carbonyl (C=O) groups excluding carboxylic acids is 1. The van der Waals surface area contributed by atoms with Crippen molar-refractivity contribution in [3.63, 3.8) is 0 Å². The summed E-state index contributed by atoms with van der Waals surface area (Å²) in [5, 5.41) is 0. The van der Waals surface area contributed by atoms with Crippen molar-refractivity contribution in [1.82, 2.24) is 9.88 Å². The van der Waals surface area contributed by atoms with E-state index in [9.17, 15) is 4.79 Å². The maximum atomic E-state index is 12.2. The predicted octanol–water partition coefficient (Wildman–Crippen LogP) is 1.29. The molecule has 5 nitrogen and oxygen atoms in total. The summed E-state index contributed by atoms with van der Waals surface area (Å²) in [5.41, 5.74) is 5.58. The summed E-state index contributed by atoms with van der Waals surface area (Å²) in [5.74, 6) is 0.528. The number of nitrogens with zero attached hydrogens (tertiary/aromatic N) is 2. The zero-order valence-corrected chi connectivity index (χ0v) is 12.1. The number of aromatic nitrogens is 1. The highest BCUT2D eigenvalue weighted by Crippen LogP contribution is 2.16.